The summed E-state index contributed by atoms with van der Waals surface area (Å²) in [4.78, 5) is 29.5. The van der Waals surface area contributed by atoms with E-state index in [1.807, 2.05) is 0 Å². The Morgan fingerprint density at radius 2 is 1.35 bits per heavy atom. The van der Waals surface area contributed by atoms with E-state index < -0.39 is 12.0 Å². The monoisotopic (exact) mass is 436 g/mol. The van der Waals surface area contributed by atoms with Gasteiger partial charge in [0.25, 0.3) is 0 Å². The number of nitrogens with zero attached hydrogens (tertiary/aromatic N) is 2. The predicted octanol–water partition coefficient (Wildman–Crippen LogP) is 5.54. The van der Waals surface area contributed by atoms with E-state index in [2.05, 4.69) is 60.4 Å². The molecule has 1 aromatic rings. The average Bonchev–Trinajstić information content (AvgIpc) is 3.19. The molecule has 0 amide bonds. The minimum absolute atomic E-state index is 0.0573. The fourth-order valence-corrected chi connectivity index (χ4v) is 3.74. The van der Waals surface area contributed by atoms with Crippen LogP contribution in [-0.4, -0.2) is 34.7 Å². The molecule has 0 aromatic carbocycles. The zero-order valence-corrected chi connectivity index (χ0v) is 20.8. The van der Waals surface area contributed by atoms with E-state index >= 15 is 0 Å². The molecule has 0 spiro atoms. The minimum Gasteiger partial charge on any atom is -0.465 e. The summed E-state index contributed by atoms with van der Waals surface area (Å²) >= 11 is 0. The van der Waals surface area contributed by atoms with Gasteiger partial charge in [-0.05, 0) is 48.3 Å². The number of esters is 2. The molecule has 0 saturated heterocycles. The van der Waals surface area contributed by atoms with Crippen molar-refractivity contribution in [2.24, 2.45) is 35.5 Å². The highest BCUT2D eigenvalue weighted by Gasteiger charge is 2.28. The third-order valence-corrected chi connectivity index (χ3v) is 5.85. The first-order chi connectivity index (χ1) is 14.5. The number of imidazole rings is 1. The van der Waals surface area contributed by atoms with Crippen molar-refractivity contribution in [3.8, 4) is 0 Å². The van der Waals surface area contributed by atoms with Crippen LogP contribution in [0.3, 0.4) is 0 Å². The number of ether oxygens (including phenoxy) is 2. The van der Waals surface area contributed by atoms with Gasteiger partial charge in [-0.2, -0.15) is 0 Å². The zero-order chi connectivity index (χ0) is 23.6. The molecule has 0 radical (unpaired) electrons. The fraction of sp³-hybridized carbons (Fsp3) is 0.800. The molecule has 0 bridgehead atoms. The molecule has 6 nitrogen and oxygen atoms in total. The lowest BCUT2D eigenvalue weighted by Crippen LogP contribution is -2.29. The second-order valence-corrected chi connectivity index (χ2v) is 10.3. The predicted molar refractivity (Wildman–Crippen MR) is 123 cm³/mol. The van der Waals surface area contributed by atoms with Gasteiger partial charge in [0.15, 0.2) is 0 Å². The third-order valence-electron chi connectivity index (χ3n) is 5.85. The van der Waals surface area contributed by atoms with Crippen LogP contribution in [0.25, 0.3) is 0 Å². The van der Waals surface area contributed by atoms with Gasteiger partial charge in [0, 0.05) is 12.4 Å². The normalized spacial score (nSPS) is 14.8. The van der Waals surface area contributed by atoms with E-state index in [9.17, 15) is 9.59 Å². The maximum absolute atomic E-state index is 12.9. The first-order valence-electron chi connectivity index (χ1n) is 11.8. The maximum Gasteiger partial charge on any atom is 0.329 e. The van der Waals surface area contributed by atoms with Crippen LogP contribution in [0.15, 0.2) is 18.7 Å². The topological polar surface area (TPSA) is 70.4 Å². The Labute approximate surface area is 189 Å². The Bertz CT molecular complexity index is 638. The molecule has 178 valence electrons. The Balaban J connectivity index is 2.74. The third kappa shape index (κ3) is 10.3. The second kappa shape index (κ2) is 13.5. The van der Waals surface area contributed by atoms with Crippen molar-refractivity contribution >= 4 is 11.9 Å². The molecule has 0 N–H and O–H groups in total. The molecule has 1 aromatic heterocycles. The van der Waals surface area contributed by atoms with E-state index in [1.165, 1.54) is 0 Å². The van der Waals surface area contributed by atoms with Crippen LogP contribution in [0.2, 0.25) is 0 Å². The Morgan fingerprint density at radius 3 is 1.77 bits per heavy atom. The quantitative estimate of drug-likeness (QED) is 0.358. The van der Waals surface area contributed by atoms with Crippen LogP contribution in [0, 0.1) is 35.5 Å². The average molecular weight is 437 g/mol. The first-order valence-corrected chi connectivity index (χ1v) is 11.8. The minimum atomic E-state index is -0.760. The molecule has 31 heavy (non-hydrogen) atoms. The van der Waals surface area contributed by atoms with Crippen molar-refractivity contribution in [3.05, 3.63) is 18.7 Å². The zero-order valence-electron chi connectivity index (χ0n) is 20.8. The molecule has 0 aliphatic rings. The Morgan fingerprint density at radius 1 is 0.839 bits per heavy atom. The lowest BCUT2D eigenvalue weighted by atomic mass is 9.88. The van der Waals surface area contributed by atoms with Crippen molar-refractivity contribution in [1.82, 2.24) is 9.55 Å². The van der Waals surface area contributed by atoms with Gasteiger partial charge < -0.3 is 14.0 Å². The molecule has 0 fully saturated rings. The largest absolute Gasteiger partial charge is 0.465 e. The maximum atomic E-state index is 12.9. The first kappa shape index (κ1) is 27.2. The van der Waals surface area contributed by atoms with Crippen LogP contribution < -0.4 is 0 Å². The van der Waals surface area contributed by atoms with Gasteiger partial charge in [-0.1, -0.05) is 55.4 Å². The summed E-state index contributed by atoms with van der Waals surface area (Å²) < 4.78 is 12.9. The molecule has 1 rings (SSSR count). The van der Waals surface area contributed by atoms with Crippen LogP contribution in [0.1, 0.15) is 80.7 Å². The number of carbonyl (C=O) groups excluding carboxylic acids is 2. The van der Waals surface area contributed by atoms with E-state index in [0.717, 1.165) is 12.8 Å². The van der Waals surface area contributed by atoms with Crippen molar-refractivity contribution < 1.29 is 19.1 Å². The molecule has 0 saturated carbocycles. The molecular weight excluding hydrogens is 392 g/mol. The lowest BCUT2D eigenvalue weighted by Gasteiger charge is -2.25. The SMILES string of the molecule is CC(C)CC(COC(=O)CC(C(=O)OCC(CC(C)C)C(C)C)n1ccnc1)C(C)C. The summed E-state index contributed by atoms with van der Waals surface area (Å²) in [5, 5.41) is 0. The molecule has 6 heteroatoms. The van der Waals surface area contributed by atoms with Gasteiger partial charge in [0.05, 0.1) is 26.0 Å². The molecular formula is C25H44N2O4. The van der Waals surface area contributed by atoms with Gasteiger partial charge in [-0.15, -0.1) is 0 Å². The Hall–Kier alpha value is -1.85. The smallest absolute Gasteiger partial charge is 0.329 e. The summed E-state index contributed by atoms with van der Waals surface area (Å²) in [6.07, 6.45) is 6.77. The van der Waals surface area contributed by atoms with Gasteiger partial charge in [-0.25, -0.2) is 9.78 Å². The van der Waals surface area contributed by atoms with E-state index in [1.54, 1.807) is 23.3 Å². The highest BCUT2D eigenvalue weighted by molar-refractivity contribution is 5.81. The van der Waals surface area contributed by atoms with E-state index in [-0.39, 0.29) is 12.4 Å². The van der Waals surface area contributed by atoms with Crippen LogP contribution in [0.4, 0.5) is 0 Å². The number of rotatable bonds is 14. The second-order valence-electron chi connectivity index (χ2n) is 10.3. The number of aromatic nitrogens is 2. The van der Waals surface area contributed by atoms with Gasteiger partial charge in [0.2, 0.25) is 0 Å². The summed E-state index contributed by atoms with van der Waals surface area (Å²) in [5.74, 6) is 1.73. The van der Waals surface area contributed by atoms with Crippen LogP contribution in [0.5, 0.6) is 0 Å². The van der Waals surface area contributed by atoms with Crippen LogP contribution >= 0.6 is 0 Å². The van der Waals surface area contributed by atoms with E-state index in [4.69, 9.17) is 9.47 Å². The number of hydrogen-bond donors (Lipinski definition) is 0. The fourth-order valence-electron chi connectivity index (χ4n) is 3.74. The lowest BCUT2D eigenvalue weighted by molar-refractivity contribution is -0.156. The molecule has 3 unspecified atom stereocenters. The Kier molecular flexibility index (Phi) is 11.9. The molecule has 0 aliphatic heterocycles. The van der Waals surface area contributed by atoms with Crippen molar-refractivity contribution in [2.45, 2.75) is 80.7 Å². The molecule has 1 heterocycles. The number of carbonyl (C=O) groups is 2. The number of hydrogen-bond acceptors (Lipinski definition) is 5. The van der Waals surface area contributed by atoms with Crippen LogP contribution in [-0.2, 0) is 19.1 Å². The summed E-state index contributed by atoms with van der Waals surface area (Å²) in [6.45, 7) is 18.0. The van der Waals surface area contributed by atoms with Gasteiger partial charge in [-0.3, -0.25) is 4.79 Å². The molecule has 0 aliphatic carbocycles. The summed E-state index contributed by atoms with van der Waals surface area (Å²) in [6, 6.07) is -0.760. The summed E-state index contributed by atoms with van der Waals surface area (Å²) in [7, 11) is 0. The highest BCUT2D eigenvalue weighted by Crippen LogP contribution is 2.24. The van der Waals surface area contributed by atoms with Gasteiger partial charge in [0.1, 0.15) is 6.04 Å². The van der Waals surface area contributed by atoms with E-state index in [0.29, 0.717) is 48.7 Å². The van der Waals surface area contributed by atoms with Crippen molar-refractivity contribution in [1.29, 1.82) is 0 Å². The van der Waals surface area contributed by atoms with Gasteiger partial charge >= 0.3 is 11.9 Å². The van der Waals surface area contributed by atoms with Crippen molar-refractivity contribution in [2.75, 3.05) is 13.2 Å². The standard InChI is InChI=1S/C25H44N2O4/c1-17(2)11-21(19(5)6)14-30-24(28)13-23(27-10-9-26-16-27)25(29)31-15-22(20(7)8)12-18(3)4/h9-10,16-23H,11-15H2,1-8H3. The highest BCUT2D eigenvalue weighted by atomic mass is 16.5. The van der Waals surface area contributed by atoms with Crippen molar-refractivity contribution in [3.63, 3.8) is 0 Å². The molecule has 3 atom stereocenters. The summed E-state index contributed by atoms with van der Waals surface area (Å²) in [5.41, 5.74) is 0.